The molecule has 1 atom stereocenters. The fourth-order valence-electron chi connectivity index (χ4n) is 2.38. The van der Waals surface area contributed by atoms with Crippen molar-refractivity contribution in [3.8, 4) is 0 Å². The van der Waals surface area contributed by atoms with Crippen LogP contribution in [-0.4, -0.2) is 36.6 Å². The van der Waals surface area contributed by atoms with Crippen LogP contribution in [0.5, 0.6) is 0 Å². The Morgan fingerprint density at radius 2 is 1.90 bits per heavy atom. The van der Waals surface area contributed by atoms with Gasteiger partial charge in [0.05, 0.1) is 7.11 Å². The molecule has 1 aliphatic heterocycles. The molecule has 1 heterocycles. The Morgan fingerprint density at radius 1 is 1.24 bits per heavy atom. The maximum atomic E-state index is 12.3. The van der Waals surface area contributed by atoms with Gasteiger partial charge in [0.2, 0.25) is 0 Å². The molecule has 5 nitrogen and oxygen atoms in total. The highest BCUT2D eigenvalue weighted by molar-refractivity contribution is 6.35. The van der Waals surface area contributed by atoms with E-state index in [0.717, 1.165) is 12.8 Å². The second-order valence-electron chi connectivity index (χ2n) is 4.82. The van der Waals surface area contributed by atoms with Crippen molar-refractivity contribution in [3.05, 3.63) is 28.2 Å². The highest BCUT2D eigenvalue weighted by atomic mass is 35.5. The molecule has 1 aliphatic rings. The summed E-state index contributed by atoms with van der Waals surface area (Å²) in [7, 11) is 1.32. The van der Waals surface area contributed by atoms with Crippen LogP contribution in [0.1, 0.15) is 19.3 Å². The van der Waals surface area contributed by atoms with Gasteiger partial charge in [-0.2, -0.15) is 0 Å². The van der Waals surface area contributed by atoms with Crippen molar-refractivity contribution in [2.24, 2.45) is 0 Å². The number of piperidine rings is 1. The van der Waals surface area contributed by atoms with E-state index in [0.29, 0.717) is 28.7 Å². The van der Waals surface area contributed by atoms with Gasteiger partial charge in [0.25, 0.3) is 0 Å². The number of carbonyl (C=O) groups is 2. The van der Waals surface area contributed by atoms with Crippen LogP contribution in [0.2, 0.25) is 10.0 Å². The lowest BCUT2D eigenvalue weighted by Crippen LogP contribution is -2.50. The average Bonchev–Trinajstić information content (AvgIpc) is 2.45. The van der Waals surface area contributed by atoms with Gasteiger partial charge in [0.15, 0.2) is 0 Å². The van der Waals surface area contributed by atoms with Crippen molar-refractivity contribution in [1.82, 2.24) is 4.90 Å². The number of rotatable bonds is 2. The first kappa shape index (κ1) is 15.9. The van der Waals surface area contributed by atoms with Gasteiger partial charge in [0.1, 0.15) is 6.04 Å². The molecule has 1 aromatic carbocycles. The van der Waals surface area contributed by atoms with E-state index in [1.807, 2.05) is 0 Å². The molecule has 1 saturated heterocycles. The van der Waals surface area contributed by atoms with Crippen molar-refractivity contribution < 1.29 is 14.3 Å². The van der Waals surface area contributed by atoms with Crippen LogP contribution < -0.4 is 5.32 Å². The molecule has 0 aliphatic carbocycles. The summed E-state index contributed by atoms with van der Waals surface area (Å²) in [4.78, 5) is 25.6. The Balaban J connectivity index is 2.11. The number of anilines is 1. The van der Waals surface area contributed by atoms with Gasteiger partial charge in [-0.3, -0.25) is 0 Å². The molecule has 0 saturated carbocycles. The summed E-state index contributed by atoms with van der Waals surface area (Å²) in [6.07, 6.45) is 2.36. The monoisotopic (exact) mass is 330 g/mol. The summed E-state index contributed by atoms with van der Waals surface area (Å²) in [6.45, 7) is 0.514. The predicted octanol–water partition coefficient (Wildman–Crippen LogP) is 3.55. The first-order chi connectivity index (χ1) is 10.0. The van der Waals surface area contributed by atoms with Gasteiger partial charge in [-0.05, 0) is 37.5 Å². The van der Waals surface area contributed by atoms with Crippen LogP contribution in [0.4, 0.5) is 10.5 Å². The van der Waals surface area contributed by atoms with Crippen molar-refractivity contribution >= 4 is 40.9 Å². The number of esters is 1. The van der Waals surface area contributed by atoms with E-state index >= 15 is 0 Å². The largest absolute Gasteiger partial charge is 0.467 e. The van der Waals surface area contributed by atoms with Gasteiger partial charge in [-0.15, -0.1) is 0 Å². The lowest BCUT2D eigenvalue weighted by atomic mass is 10.0. The molecule has 7 heteroatoms. The second kappa shape index (κ2) is 7.00. The third-order valence-corrected chi connectivity index (χ3v) is 3.79. The van der Waals surface area contributed by atoms with Crippen molar-refractivity contribution in [2.45, 2.75) is 25.3 Å². The number of carbonyl (C=O) groups excluding carboxylic acids is 2. The van der Waals surface area contributed by atoms with Gasteiger partial charge >= 0.3 is 12.0 Å². The van der Waals surface area contributed by atoms with Crippen LogP contribution >= 0.6 is 23.2 Å². The first-order valence-corrected chi connectivity index (χ1v) is 7.38. The van der Waals surface area contributed by atoms with E-state index in [4.69, 9.17) is 27.9 Å². The molecule has 21 heavy (non-hydrogen) atoms. The minimum Gasteiger partial charge on any atom is -0.467 e. The van der Waals surface area contributed by atoms with Gasteiger partial charge in [0, 0.05) is 22.3 Å². The Bertz CT molecular complexity index is 531. The molecule has 0 bridgehead atoms. The highest BCUT2D eigenvalue weighted by Crippen LogP contribution is 2.24. The number of hydrogen-bond acceptors (Lipinski definition) is 3. The highest BCUT2D eigenvalue weighted by Gasteiger charge is 2.32. The number of urea groups is 1. The van der Waals surface area contributed by atoms with Gasteiger partial charge in [-0.25, -0.2) is 9.59 Å². The van der Waals surface area contributed by atoms with Crippen LogP contribution in [0.25, 0.3) is 0 Å². The third kappa shape index (κ3) is 4.02. The normalized spacial score (nSPS) is 18.2. The summed E-state index contributed by atoms with van der Waals surface area (Å²) in [5.74, 6) is -0.394. The molecule has 114 valence electrons. The lowest BCUT2D eigenvalue weighted by molar-refractivity contribution is -0.146. The zero-order valence-electron chi connectivity index (χ0n) is 11.6. The third-order valence-electron chi connectivity index (χ3n) is 3.35. The minimum absolute atomic E-state index is 0.358. The Kier molecular flexibility index (Phi) is 5.31. The fourth-order valence-corrected chi connectivity index (χ4v) is 2.90. The Labute approximate surface area is 133 Å². The van der Waals surface area contributed by atoms with E-state index in [9.17, 15) is 9.59 Å². The number of halogens is 2. The summed E-state index contributed by atoms with van der Waals surface area (Å²) in [5.41, 5.74) is 0.492. The lowest BCUT2D eigenvalue weighted by Gasteiger charge is -2.33. The summed E-state index contributed by atoms with van der Waals surface area (Å²) < 4.78 is 4.76. The molecule has 0 aromatic heterocycles. The molecule has 2 amide bonds. The quantitative estimate of drug-likeness (QED) is 0.843. The topological polar surface area (TPSA) is 58.6 Å². The Hall–Kier alpha value is -1.46. The van der Waals surface area contributed by atoms with Crippen LogP contribution in [0.3, 0.4) is 0 Å². The zero-order valence-corrected chi connectivity index (χ0v) is 13.1. The second-order valence-corrected chi connectivity index (χ2v) is 5.69. The number of benzene rings is 1. The Morgan fingerprint density at radius 3 is 2.52 bits per heavy atom. The molecular weight excluding hydrogens is 315 g/mol. The molecule has 1 aromatic rings. The summed E-state index contributed by atoms with van der Waals surface area (Å²) in [5, 5.41) is 3.58. The average molecular weight is 331 g/mol. The molecule has 0 spiro atoms. The smallest absolute Gasteiger partial charge is 0.328 e. The molecule has 0 radical (unpaired) electrons. The summed E-state index contributed by atoms with van der Waals surface area (Å²) >= 11 is 11.8. The number of amides is 2. The van der Waals surface area contributed by atoms with E-state index in [1.165, 1.54) is 12.0 Å². The maximum Gasteiger partial charge on any atom is 0.328 e. The van der Waals surface area contributed by atoms with Gasteiger partial charge < -0.3 is 15.0 Å². The summed E-state index contributed by atoms with van der Waals surface area (Å²) in [6, 6.07) is 3.88. The van der Waals surface area contributed by atoms with Crippen molar-refractivity contribution in [1.29, 1.82) is 0 Å². The molecule has 0 unspecified atom stereocenters. The van der Waals surface area contributed by atoms with E-state index < -0.39 is 12.0 Å². The van der Waals surface area contributed by atoms with Crippen LogP contribution in [-0.2, 0) is 9.53 Å². The van der Waals surface area contributed by atoms with Gasteiger partial charge in [-0.1, -0.05) is 23.2 Å². The number of hydrogen-bond donors (Lipinski definition) is 1. The predicted molar refractivity (Wildman–Crippen MR) is 81.8 cm³/mol. The maximum absolute atomic E-state index is 12.3. The number of nitrogens with one attached hydrogen (secondary N) is 1. The molecular formula is C14H16Cl2N2O3. The SMILES string of the molecule is COC(=O)[C@H]1CCCCN1C(=O)Nc1cc(Cl)cc(Cl)c1. The van der Waals surface area contributed by atoms with Crippen molar-refractivity contribution in [2.75, 3.05) is 19.0 Å². The van der Waals surface area contributed by atoms with Crippen LogP contribution in [0.15, 0.2) is 18.2 Å². The molecule has 2 rings (SSSR count). The molecule has 1 N–H and O–H groups in total. The first-order valence-electron chi connectivity index (χ1n) is 6.63. The number of ether oxygens (including phenoxy) is 1. The van der Waals surface area contributed by atoms with Crippen LogP contribution in [0, 0.1) is 0 Å². The number of methoxy groups -OCH3 is 1. The number of likely N-dealkylation sites (tertiary alicyclic amines) is 1. The fraction of sp³-hybridized carbons (Fsp3) is 0.429. The number of nitrogens with zero attached hydrogens (tertiary/aromatic N) is 1. The minimum atomic E-state index is -0.543. The van der Waals surface area contributed by atoms with E-state index in [2.05, 4.69) is 5.32 Å². The van der Waals surface area contributed by atoms with Crippen molar-refractivity contribution in [3.63, 3.8) is 0 Å². The standard InChI is InChI=1S/C14H16Cl2N2O3/c1-21-13(19)12-4-2-3-5-18(12)14(20)17-11-7-9(15)6-10(16)8-11/h6-8,12H,2-5H2,1H3,(H,17,20)/t12-/m1/s1. The molecule has 1 fully saturated rings. The van der Waals surface area contributed by atoms with E-state index in [1.54, 1.807) is 18.2 Å². The van der Waals surface area contributed by atoms with E-state index in [-0.39, 0.29) is 6.03 Å². The zero-order chi connectivity index (χ0) is 15.4.